The van der Waals surface area contributed by atoms with Gasteiger partial charge >= 0.3 is 0 Å². The molecule has 1 fully saturated rings. The summed E-state index contributed by atoms with van der Waals surface area (Å²) in [5.41, 5.74) is 0. The molecule has 6 nitrogen and oxygen atoms in total. The zero-order chi connectivity index (χ0) is 14.3. The molecule has 0 aromatic rings. The van der Waals surface area contributed by atoms with Crippen LogP contribution in [0.15, 0.2) is 0 Å². The number of amides is 1. The molecule has 0 spiro atoms. The van der Waals surface area contributed by atoms with Crippen LogP contribution in [0, 0.1) is 5.92 Å². The summed E-state index contributed by atoms with van der Waals surface area (Å²) in [6.07, 6.45) is 2.27. The number of carbonyl (C=O) groups excluding carboxylic acids is 1. The SMILES string of the molecule is CCS(=O)(=O)N1CCC[C@@H](C(=O)NCCCOC)C1. The zero-order valence-corrected chi connectivity index (χ0v) is 12.5. The van der Waals surface area contributed by atoms with E-state index in [4.69, 9.17) is 4.74 Å². The van der Waals surface area contributed by atoms with Gasteiger partial charge in [0.15, 0.2) is 0 Å². The first-order valence-corrected chi connectivity index (χ1v) is 8.36. The summed E-state index contributed by atoms with van der Waals surface area (Å²) in [5, 5.41) is 2.84. The van der Waals surface area contributed by atoms with Gasteiger partial charge < -0.3 is 10.1 Å². The Morgan fingerprint density at radius 3 is 2.84 bits per heavy atom. The summed E-state index contributed by atoms with van der Waals surface area (Å²) in [5.74, 6) is -0.181. The number of piperidine rings is 1. The van der Waals surface area contributed by atoms with Crippen molar-refractivity contribution in [3.05, 3.63) is 0 Å². The van der Waals surface area contributed by atoms with E-state index in [0.29, 0.717) is 26.2 Å². The van der Waals surface area contributed by atoms with Gasteiger partial charge in [0.25, 0.3) is 0 Å². The highest BCUT2D eigenvalue weighted by Crippen LogP contribution is 2.19. The Hall–Kier alpha value is -0.660. The smallest absolute Gasteiger partial charge is 0.224 e. The summed E-state index contributed by atoms with van der Waals surface area (Å²) in [7, 11) is -1.56. The number of carbonyl (C=O) groups is 1. The Morgan fingerprint density at radius 2 is 2.21 bits per heavy atom. The number of hydrogen-bond donors (Lipinski definition) is 1. The summed E-state index contributed by atoms with van der Waals surface area (Å²) >= 11 is 0. The number of nitrogens with one attached hydrogen (secondary N) is 1. The molecule has 1 aliphatic heterocycles. The van der Waals surface area contributed by atoms with E-state index < -0.39 is 10.0 Å². The molecule has 0 aromatic heterocycles. The third-order valence-electron chi connectivity index (χ3n) is 3.34. The van der Waals surface area contributed by atoms with E-state index >= 15 is 0 Å². The minimum absolute atomic E-state index is 0.0490. The molecule has 19 heavy (non-hydrogen) atoms. The zero-order valence-electron chi connectivity index (χ0n) is 11.7. The largest absolute Gasteiger partial charge is 0.385 e. The third-order valence-corrected chi connectivity index (χ3v) is 5.19. The van der Waals surface area contributed by atoms with Crippen LogP contribution in [-0.4, -0.2) is 57.7 Å². The molecular formula is C12H24N2O4S. The van der Waals surface area contributed by atoms with Crippen molar-refractivity contribution >= 4 is 15.9 Å². The van der Waals surface area contributed by atoms with Crippen LogP contribution in [0.5, 0.6) is 0 Å². The van der Waals surface area contributed by atoms with Gasteiger partial charge in [0.2, 0.25) is 15.9 Å². The lowest BCUT2D eigenvalue weighted by Crippen LogP contribution is -2.46. The molecule has 1 N–H and O–H groups in total. The molecule has 1 amide bonds. The summed E-state index contributed by atoms with van der Waals surface area (Å²) in [6, 6.07) is 0. The molecule has 0 bridgehead atoms. The Balaban J connectivity index is 2.44. The van der Waals surface area contributed by atoms with Crippen molar-refractivity contribution in [2.45, 2.75) is 26.2 Å². The predicted molar refractivity (Wildman–Crippen MR) is 73.3 cm³/mol. The highest BCUT2D eigenvalue weighted by Gasteiger charge is 2.31. The van der Waals surface area contributed by atoms with Gasteiger partial charge in [-0.05, 0) is 26.2 Å². The lowest BCUT2D eigenvalue weighted by atomic mass is 9.99. The van der Waals surface area contributed by atoms with Crippen molar-refractivity contribution in [1.29, 1.82) is 0 Å². The second-order valence-corrected chi connectivity index (χ2v) is 6.99. The molecule has 1 atom stereocenters. The average Bonchev–Trinajstić information content (AvgIpc) is 2.43. The van der Waals surface area contributed by atoms with Crippen LogP contribution in [0.1, 0.15) is 26.2 Å². The highest BCUT2D eigenvalue weighted by molar-refractivity contribution is 7.89. The normalized spacial score (nSPS) is 21.3. The van der Waals surface area contributed by atoms with Gasteiger partial charge in [-0.1, -0.05) is 0 Å². The van der Waals surface area contributed by atoms with Gasteiger partial charge in [-0.15, -0.1) is 0 Å². The predicted octanol–water partition coefficient (Wildman–Crippen LogP) is 0.201. The molecule has 1 heterocycles. The maximum atomic E-state index is 11.9. The van der Waals surface area contributed by atoms with E-state index in [2.05, 4.69) is 5.32 Å². The van der Waals surface area contributed by atoms with Gasteiger partial charge in [0.05, 0.1) is 11.7 Å². The molecule has 0 unspecified atom stereocenters. The number of hydrogen-bond acceptors (Lipinski definition) is 4. The number of rotatable bonds is 7. The molecule has 1 saturated heterocycles. The molecule has 0 saturated carbocycles. The van der Waals surface area contributed by atoms with Crippen LogP contribution < -0.4 is 5.32 Å². The van der Waals surface area contributed by atoms with Crippen molar-refractivity contribution in [3.63, 3.8) is 0 Å². The van der Waals surface area contributed by atoms with Crippen molar-refractivity contribution in [2.75, 3.05) is 39.1 Å². The first-order valence-electron chi connectivity index (χ1n) is 6.75. The molecule has 0 aromatic carbocycles. The minimum atomic E-state index is -3.18. The van der Waals surface area contributed by atoms with E-state index in [0.717, 1.165) is 19.3 Å². The summed E-state index contributed by atoms with van der Waals surface area (Å²) < 4.78 is 29.9. The van der Waals surface area contributed by atoms with Crippen LogP contribution in [-0.2, 0) is 19.6 Å². The van der Waals surface area contributed by atoms with Crippen LogP contribution in [0.25, 0.3) is 0 Å². The molecule has 1 rings (SSSR count). The standard InChI is InChI=1S/C12H24N2O4S/c1-3-19(16,17)14-8-4-6-11(10-14)12(15)13-7-5-9-18-2/h11H,3-10H2,1-2H3,(H,13,15)/t11-/m1/s1. The third kappa shape index (κ3) is 5.08. The Bertz CT molecular complexity index is 383. The number of methoxy groups -OCH3 is 1. The van der Waals surface area contributed by atoms with Crippen molar-refractivity contribution < 1.29 is 17.9 Å². The minimum Gasteiger partial charge on any atom is -0.385 e. The van der Waals surface area contributed by atoms with Crippen molar-refractivity contribution in [2.24, 2.45) is 5.92 Å². The van der Waals surface area contributed by atoms with Gasteiger partial charge in [0, 0.05) is 33.4 Å². The van der Waals surface area contributed by atoms with Gasteiger partial charge in [-0.3, -0.25) is 4.79 Å². The molecule has 0 aliphatic carbocycles. The van der Waals surface area contributed by atoms with E-state index in [9.17, 15) is 13.2 Å². The lowest BCUT2D eigenvalue weighted by Gasteiger charge is -2.30. The van der Waals surface area contributed by atoms with Gasteiger partial charge in [0.1, 0.15) is 0 Å². The van der Waals surface area contributed by atoms with E-state index in [1.54, 1.807) is 14.0 Å². The van der Waals surface area contributed by atoms with Crippen molar-refractivity contribution in [3.8, 4) is 0 Å². The lowest BCUT2D eigenvalue weighted by molar-refractivity contribution is -0.126. The maximum Gasteiger partial charge on any atom is 0.224 e. The number of ether oxygens (including phenoxy) is 1. The molecule has 0 radical (unpaired) electrons. The number of sulfonamides is 1. The van der Waals surface area contributed by atoms with Gasteiger partial charge in [-0.2, -0.15) is 0 Å². The molecule has 7 heteroatoms. The quantitative estimate of drug-likeness (QED) is 0.680. The molecule has 112 valence electrons. The van der Waals surface area contributed by atoms with E-state index in [1.807, 2.05) is 0 Å². The van der Waals surface area contributed by atoms with Crippen molar-refractivity contribution in [1.82, 2.24) is 9.62 Å². The summed E-state index contributed by atoms with van der Waals surface area (Å²) in [6.45, 7) is 3.66. The molecular weight excluding hydrogens is 268 g/mol. The average molecular weight is 292 g/mol. The van der Waals surface area contributed by atoms with Crippen LogP contribution >= 0.6 is 0 Å². The monoisotopic (exact) mass is 292 g/mol. The van der Waals surface area contributed by atoms with Crippen LogP contribution in [0.3, 0.4) is 0 Å². The molecule has 1 aliphatic rings. The second-order valence-electron chi connectivity index (χ2n) is 4.74. The first-order chi connectivity index (χ1) is 9.01. The fourth-order valence-corrected chi connectivity index (χ4v) is 3.34. The van der Waals surface area contributed by atoms with Crippen LogP contribution in [0.2, 0.25) is 0 Å². The Morgan fingerprint density at radius 1 is 1.47 bits per heavy atom. The van der Waals surface area contributed by atoms with Gasteiger partial charge in [-0.25, -0.2) is 12.7 Å². The summed E-state index contributed by atoms with van der Waals surface area (Å²) in [4.78, 5) is 11.9. The topological polar surface area (TPSA) is 75.7 Å². The highest BCUT2D eigenvalue weighted by atomic mass is 32.2. The fraction of sp³-hybridized carbons (Fsp3) is 0.917. The first kappa shape index (κ1) is 16.4. The van der Waals surface area contributed by atoms with Crippen LogP contribution in [0.4, 0.5) is 0 Å². The van der Waals surface area contributed by atoms with E-state index in [-0.39, 0.29) is 17.6 Å². The second kappa shape index (κ2) is 7.81. The fourth-order valence-electron chi connectivity index (χ4n) is 2.16. The maximum absolute atomic E-state index is 11.9. The Labute approximate surface area is 115 Å². The van der Waals surface area contributed by atoms with E-state index in [1.165, 1.54) is 4.31 Å². The Kier molecular flexibility index (Phi) is 6.74. The number of nitrogens with zero attached hydrogens (tertiary/aromatic N) is 1.